The van der Waals surface area contributed by atoms with Crippen molar-refractivity contribution in [2.45, 2.75) is 37.0 Å². The van der Waals surface area contributed by atoms with Crippen molar-refractivity contribution >= 4 is 23.5 Å². The van der Waals surface area contributed by atoms with Crippen molar-refractivity contribution in [3.63, 3.8) is 0 Å². The Balaban J connectivity index is 1.77. The molecule has 0 bridgehead atoms. The highest BCUT2D eigenvalue weighted by molar-refractivity contribution is 8.06. The summed E-state index contributed by atoms with van der Waals surface area (Å²) in [5.74, 6) is 10.5. The molecule has 1 saturated heterocycles. The predicted molar refractivity (Wildman–Crippen MR) is 66.6 cm³/mol. The molecule has 0 aromatic rings. The second-order valence-corrected chi connectivity index (χ2v) is 6.79. The van der Waals surface area contributed by atoms with Crippen LogP contribution in [0.2, 0.25) is 0 Å². The molecule has 0 spiro atoms. The molecule has 2 aliphatic rings. The fourth-order valence-electron chi connectivity index (χ4n) is 2.15. The molecule has 82 valence electrons. The highest BCUT2D eigenvalue weighted by Crippen LogP contribution is 2.34. The van der Waals surface area contributed by atoms with E-state index in [4.69, 9.17) is 5.84 Å². The first-order valence-electron chi connectivity index (χ1n) is 5.55. The largest absolute Gasteiger partial charge is 0.271 e. The molecule has 1 aliphatic carbocycles. The van der Waals surface area contributed by atoms with Crippen LogP contribution in [0.5, 0.6) is 0 Å². The summed E-state index contributed by atoms with van der Waals surface area (Å²) in [6.45, 7) is 0. The van der Waals surface area contributed by atoms with E-state index in [9.17, 15) is 0 Å². The maximum atomic E-state index is 5.66. The molecule has 0 aromatic heterocycles. The van der Waals surface area contributed by atoms with Crippen LogP contribution in [0.4, 0.5) is 0 Å². The van der Waals surface area contributed by atoms with Gasteiger partial charge in [-0.2, -0.15) is 23.5 Å². The predicted octanol–water partition coefficient (Wildman–Crippen LogP) is 1.86. The fourth-order valence-corrected chi connectivity index (χ4v) is 5.04. The SMILES string of the molecule is NNC(CC1CCC1)C1CSCCS1. The van der Waals surface area contributed by atoms with Crippen molar-refractivity contribution < 1.29 is 0 Å². The van der Waals surface area contributed by atoms with Gasteiger partial charge in [-0.1, -0.05) is 19.3 Å². The van der Waals surface area contributed by atoms with Gasteiger partial charge in [0.05, 0.1) is 0 Å². The summed E-state index contributed by atoms with van der Waals surface area (Å²) >= 11 is 4.19. The standard InChI is InChI=1S/C10H20N2S2/c11-12-9(6-8-2-1-3-8)10-7-13-4-5-14-10/h8-10,12H,1-7,11H2. The fraction of sp³-hybridized carbons (Fsp3) is 1.00. The Morgan fingerprint density at radius 1 is 1.36 bits per heavy atom. The van der Waals surface area contributed by atoms with E-state index in [1.165, 1.54) is 42.9 Å². The molecule has 0 aromatic carbocycles. The first kappa shape index (κ1) is 11.1. The summed E-state index contributed by atoms with van der Waals surface area (Å²) in [6, 6.07) is 0.554. The van der Waals surface area contributed by atoms with Crippen molar-refractivity contribution in [3.05, 3.63) is 0 Å². The summed E-state index contributed by atoms with van der Waals surface area (Å²) in [4.78, 5) is 0. The Morgan fingerprint density at radius 2 is 2.21 bits per heavy atom. The average molecular weight is 232 g/mol. The van der Waals surface area contributed by atoms with Crippen LogP contribution in [-0.4, -0.2) is 28.6 Å². The quantitative estimate of drug-likeness (QED) is 0.573. The molecule has 2 unspecified atom stereocenters. The zero-order chi connectivity index (χ0) is 9.80. The topological polar surface area (TPSA) is 38.0 Å². The van der Waals surface area contributed by atoms with E-state index in [1.807, 2.05) is 0 Å². The summed E-state index contributed by atoms with van der Waals surface area (Å²) in [5, 5.41) is 0.749. The van der Waals surface area contributed by atoms with Crippen LogP contribution in [0.3, 0.4) is 0 Å². The first-order chi connectivity index (χ1) is 6.90. The van der Waals surface area contributed by atoms with Gasteiger partial charge in [0.2, 0.25) is 0 Å². The number of thioether (sulfide) groups is 2. The molecule has 2 fully saturated rings. The molecule has 1 aliphatic heterocycles. The lowest BCUT2D eigenvalue weighted by Crippen LogP contribution is -2.46. The molecular weight excluding hydrogens is 212 g/mol. The Labute approximate surface area is 95.1 Å². The Hall–Kier alpha value is 0.620. The van der Waals surface area contributed by atoms with Gasteiger partial charge < -0.3 is 0 Å². The van der Waals surface area contributed by atoms with E-state index in [0.717, 1.165) is 11.2 Å². The summed E-state index contributed by atoms with van der Waals surface area (Å²) in [6.07, 6.45) is 5.61. The van der Waals surface area contributed by atoms with E-state index in [-0.39, 0.29) is 0 Å². The van der Waals surface area contributed by atoms with Crippen LogP contribution < -0.4 is 11.3 Å². The molecule has 2 rings (SSSR count). The van der Waals surface area contributed by atoms with Crippen LogP contribution in [0.15, 0.2) is 0 Å². The molecule has 3 N–H and O–H groups in total. The van der Waals surface area contributed by atoms with E-state index in [1.54, 1.807) is 0 Å². The third kappa shape index (κ3) is 2.81. The number of hydrazine groups is 1. The zero-order valence-electron chi connectivity index (χ0n) is 8.58. The van der Waals surface area contributed by atoms with Crippen molar-refractivity contribution in [3.8, 4) is 0 Å². The lowest BCUT2D eigenvalue weighted by atomic mass is 9.80. The zero-order valence-corrected chi connectivity index (χ0v) is 10.2. The van der Waals surface area contributed by atoms with Gasteiger partial charge in [-0.3, -0.25) is 11.3 Å². The molecule has 2 nitrogen and oxygen atoms in total. The average Bonchev–Trinajstić information content (AvgIpc) is 2.18. The molecule has 0 amide bonds. The van der Waals surface area contributed by atoms with Gasteiger partial charge in [0, 0.05) is 28.6 Å². The van der Waals surface area contributed by atoms with Crippen molar-refractivity contribution in [2.24, 2.45) is 11.8 Å². The molecule has 1 heterocycles. The van der Waals surface area contributed by atoms with Crippen LogP contribution >= 0.6 is 23.5 Å². The summed E-state index contributed by atoms with van der Waals surface area (Å²) in [5.41, 5.74) is 3.04. The lowest BCUT2D eigenvalue weighted by Gasteiger charge is -2.34. The lowest BCUT2D eigenvalue weighted by molar-refractivity contribution is 0.260. The van der Waals surface area contributed by atoms with Gasteiger partial charge in [0.25, 0.3) is 0 Å². The second kappa shape index (κ2) is 5.64. The molecular formula is C10H20N2S2. The van der Waals surface area contributed by atoms with E-state index in [0.29, 0.717) is 6.04 Å². The Bertz CT molecular complexity index is 168. The molecule has 4 heteroatoms. The molecule has 2 atom stereocenters. The van der Waals surface area contributed by atoms with Gasteiger partial charge >= 0.3 is 0 Å². The maximum absolute atomic E-state index is 5.66. The van der Waals surface area contributed by atoms with E-state index < -0.39 is 0 Å². The van der Waals surface area contributed by atoms with Crippen LogP contribution in [0.25, 0.3) is 0 Å². The van der Waals surface area contributed by atoms with Crippen molar-refractivity contribution in [1.29, 1.82) is 0 Å². The van der Waals surface area contributed by atoms with Crippen LogP contribution in [0, 0.1) is 5.92 Å². The third-order valence-electron chi connectivity index (χ3n) is 3.32. The highest BCUT2D eigenvalue weighted by atomic mass is 32.2. The van der Waals surface area contributed by atoms with Gasteiger partial charge in [0.1, 0.15) is 0 Å². The minimum Gasteiger partial charge on any atom is -0.271 e. The maximum Gasteiger partial charge on any atom is 0.0340 e. The normalized spacial score (nSPS) is 31.1. The van der Waals surface area contributed by atoms with Crippen molar-refractivity contribution in [2.75, 3.05) is 17.3 Å². The molecule has 14 heavy (non-hydrogen) atoms. The number of rotatable bonds is 4. The van der Waals surface area contributed by atoms with E-state index >= 15 is 0 Å². The second-order valence-electron chi connectivity index (χ2n) is 4.29. The van der Waals surface area contributed by atoms with Crippen LogP contribution in [-0.2, 0) is 0 Å². The number of nitrogens with two attached hydrogens (primary N) is 1. The van der Waals surface area contributed by atoms with Crippen molar-refractivity contribution in [1.82, 2.24) is 5.43 Å². The number of hydrogen-bond donors (Lipinski definition) is 2. The van der Waals surface area contributed by atoms with Gasteiger partial charge in [-0.15, -0.1) is 0 Å². The summed E-state index contributed by atoms with van der Waals surface area (Å²) < 4.78 is 0. The Kier molecular flexibility index (Phi) is 4.47. The van der Waals surface area contributed by atoms with E-state index in [2.05, 4.69) is 28.9 Å². The first-order valence-corrected chi connectivity index (χ1v) is 7.76. The van der Waals surface area contributed by atoms with Gasteiger partial charge in [0.15, 0.2) is 0 Å². The molecule has 0 radical (unpaired) electrons. The summed E-state index contributed by atoms with van der Waals surface area (Å²) in [7, 11) is 0. The van der Waals surface area contributed by atoms with Gasteiger partial charge in [-0.05, 0) is 12.3 Å². The van der Waals surface area contributed by atoms with Crippen LogP contribution in [0.1, 0.15) is 25.7 Å². The smallest absolute Gasteiger partial charge is 0.0340 e. The Morgan fingerprint density at radius 3 is 2.71 bits per heavy atom. The molecule has 1 saturated carbocycles. The number of nitrogens with one attached hydrogen (secondary N) is 1. The monoisotopic (exact) mass is 232 g/mol. The van der Waals surface area contributed by atoms with Gasteiger partial charge in [-0.25, -0.2) is 0 Å². The minimum absolute atomic E-state index is 0.554. The third-order valence-corrected chi connectivity index (χ3v) is 6.24. The number of hydrogen-bond acceptors (Lipinski definition) is 4. The minimum atomic E-state index is 0.554. The highest BCUT2D eigenvalue weighted by Gasteiger charge is 2.28.